The number of aromatic nitrogens is 6. The molecule has 2 N–H and O–H groups in total. The van der Waals surface area contributed by atoms with Crippen LogP contribution in [0.3, 0.4) is 0 Å². The van der Waals surface area contributed by atoms with Gasteiger partial charge in [-0.1, -0.05) is 0 Å². The normalized spacial score (nSPS) is 20.0. The molecule has 0 atom stereocenters. The first-order chi connectivity index (χ1) is 13.8. The van der Waals surface area contributed by atoms with Gasteiger partial charge in [0.2, 0.25) is 5.95 Å². The molecule has 5 rings (SSSR count). The highest BCUT2D eigenvalue weighted by atomic mass is 16.5. The third-order valence-electron chi connectivity index (χ3n) is 5.37. The van der Waals surface area contributed by atoms with Crippen LogP contribution in [0, 0.1) is 0 Å². The zero-order valence-electron chi connectivity index (χ0n) is 15.8. The van der Waals surface area contributed by atoms with Crippen molar-refractivity contribution in [3.05, 3.63) is 36.9 Å². The zero-order chi connectivity index (χ0) is 18.9. The first-order valence-corrected chi connectivity index (χ1v) is 9.83. The van der Waals surface area contributed by atoms with E-state index in [4.69, 9.17) is 4.74 Å². The van der Waals surface area contributed by atoms with E-state index in [1.807, 2.05) is 30.7 Å². The maximum Gasteiger partial charge on any atom is 0.224 e. The second-order valence-electron chi connectivity index (χ2n) is 7.18. The zero-order valence-corrected chi connectivity index (χ0v) is 15.8. The second-order valence-corrected chi connectivity index (χ2v) is 7.18. The van der Waals surface area contributed by atoms with E-state index in [0.29, 0.717) is 18.1 Å². The summed E-state index contributed by atoms with van der Waals surface area (Å²) in [6, 6.07) is 4.32. The first-order valence-electron chi connectivity index (χ1n) is 9.83. The van der Waals surface area contributed by atoms with Crippen LogP contribution in [-0.4, -0.2) is 48.3 Å². The molecule has 4 aromatic heterocycles. The Morgan fingerprint density at radius 1 is 1.21 bits per heavy atom. The van der Waals surface area contributed by atoms with Crippen molar-refractivity contribution in [1.82, 2.24) is 29.5 Å². The summed E-state index contributed by atoms with van der Waals surface area (Å²) in [6.45, 7) is 2.85. The van der Waals surface area contributed by atoms with Crippen molar-refractivity contribution < 1.29 is 4.74 Å². The van der Waals surface area contributed by atoms with Crippen LogP contribution in [0.4, 0.5) is 5.95 Å². The van der Waals surface area contributed by atoms with Crippen molar-refractivity contribution in [2.75, 3.05) is 11.9 Å². The Morgan fingerprint density at radius 2 is 2.11 bits per heavy atom. The van der Waals surface area contributed by atoms with Crippen LogP contribution in [0.2, 0.25) is 0 Å². The number of fused-ring (bicyclic) bond motifs is 2. The van der Waals surface area contributed by atoms with E-state index < -0.39 is 0 Å². The summed E-state index contributed by atoms with van der Waals surface area (Å²) < 4.78 is 7.50. The third kappa shape index (κ3) is 3.20. The summed E-state index contributed by atoms with van der Waals surface area (Å²) in [4.78, 5) is 16.7. The average molecular weight is 377 g/mol. The molecular formula is C20H23N7O. The molecule has 0 spiro atoms. The smallest absolute Gasteiger partial charge is 0.224 e. The largest absolute Gasteiger partial charge is 0.379 e. The topological polar surface area (TPSA) is 93.0 Å². The molecule has 4 aromatic rings. The molecular weight excluding hydrogens is 354 g/mol. The number of rotatable bonds is 5. The lowest BCUT2D eigenvalue weighted by Crippen LogP contribution is -2.30. The molecule has 8 heteroatoms. The molecule has 144 valence electrons. The number of nitrogens with one attached hydrogen (secondary N) is 2. The number of H-pyrrole nitrogens is 1. The van der Waals surface area contributed by atoms with Crippen LogP contribution in [0.15, 0.2) is 36.9 Å². The Morgan fingerprint density at radius 3 is 2.96 bits per heavy atom. The van der Waals surface area contributed by atoms with E-state index in [9.17, 15) is 0 Å². The number of anilines is 1. The van der Waals surface area contributed by atoms with E-state index in [2.05, 4.69) is 37.3 Å². The molecule has 1 fully saturated rings. The SMILES string of the molecule is CCOC1CCC(Nc2ncc3c(-c4ccc5nccn5n4)c[nH]c3n2)CC1. The number of ether oxygens (including phenoxy) is 1. The van der Waals surface area contributed by atoms with E-state index in [0.717, 1.165) is 60.2 Å². The highest BCUT2D eigenvalue weighted by molar-refractivity contribution is 5.92. The average Bonchev–Trinajstić information content (AvgIpc) is 3.35. The molecule has 28 heavy (non-hydrogen) atoms. The predicted molar refractivity (Wildman–Crippen MR) is 107 cm³/mol. The minimum Gasteiger partial charge on any atom is -0.379 e. The van der Waals surface area contributed by atoms with Crippen LogP contribution in [-0.2, 0) is 4.74 Å². The number of nitrogens with zero attached hydrogens (tertiary/aromatic N) is 5. The number of hydrogen-bond donors (Lipinski definition) is 2. The van der Waals surface area contributed by atoms with Crippen LogP contribution >= 0.6 is 0 Å². The molecule has 0 bridgehead atoms. The minimum absolute atomic E-state index is 0.397. The monoisotopic (exact) mass is 377 g/mol. The van der Waals surface area contributed by atoms with Gasteiger partial charge in [-0.05, 0) is 44.7 Å². The molecule has 4 heterocycles. The lowest BCUT2D eigenvalue weighted by Gasteiger charge is -2.28. The van der Waals surface area contributed by atoms with Crippen molar-refractivity contribution >= 4 is 22.6 Å². The summed E-state index contributed by atoms with van der Waals surface area (Å²) in [7, 11) is 0. The standard InChI is InChI=1S/C20H23N7O/c1-2-28-14-5-3-13(4-6-14)24-20-23-12-16-15(11-22-19(16)25-20)17-7-8-18-21-9-10-27(18)26-17/h7-14H,2-6H2,1H3,(H2,22,23,24,25). The van der Waals surface area contributed by atoms with Gasteiger partial charge < -0.3 is 15.0 Å². The van der Waals surface area contributed by atoms with Gasteiger partial charge in [-0.3, -0.25) is 0 Å². The fourth-order valence-corrected chi connectivity index (χ4v) is 3.94. The van der Waals surface area contributed by atoms with E-state index >= 15 is 0 Å². The van der Waals surface area contributed by atoms with Gasteiger partial charge >= 0.3 is 0 Å². The van der Waals surface area contributed by atoms with Crippen molar-refractivity contribution in [2.45, 2.75) is 44.8 Å². The summed E-state index contributed by atoms with van der Waals surface area (Å²) in [6.07, 6.45) is 12.1. The molecule has 0 saturated heterocycles. The molecule has 0 amide bonds. The first kappa shape index (κ1) is 17.1. The van der Waals surface area contributed by atoms with E-state index in [1.54, 1.807) is 10.7 Å². The van der Waals surface area contributed by atoms with Gasteiger partial charge in [0.15, 0.2) is 5.65 Å². The fourth-order valence-electron chi connectivity index (χ4n) is 3.94. The Hall–Kier alpha value is -3.00. The highest BCUT2D eigenvalue weighted by Gasteiger charge is 2.22. The van der Waals surface area contributed by atoms with Crippen molar-refractivity contribution in [3.63, 3.8) is 0 Å². The summed E-state index contributed by atoms with van der Waals surface area (Å²) in [5, 5.41) is 9.05. The highest BCUT2D eigenvalue weighted by Crippen LogP contribution is 2.27. The molecule has 1 aliphatic carbocycles. The Balaban J connectivity index is 1.35. The second kappa shape index (κ2) is 7.20. The van der Waals surface area contributed by atoms with Crippen molar-refractivity contribution in [1.29, 1.82) is 0 Å². The van der Waals surface area contributed by atoms with Gasteiger partial charge in [0.25, 0.3) is 0 Å². The number of aromatic amines is 1. The van der Waals surface area contributed by atoms with Gasteiger partial charge in [-0.15, -0.1) is 0 Å². The van der Waals surface area contributed by atoms with E-state index in [-0.39, 0.29) is 0 Å². The maximum atomic E-state index is 5.73. The van der Waals surface area contributed by atoms with Gasteiger partial charge in [0.1, 0.15) is 5.65 Å². The van der Waals surface area contributed by atoms with Crippen LogP contribution in [0.25, 0.3) is 27.9 Å². The van der Waals surface area contributed by atoms with Gasteiger partial charge in [0, 0.05) is 48.4 Å². The fraction of sp³-hybridized carbons (Fsp3) is 0.400. The van der Waals surface area contributed by atoms with Crippen LogP contribution < -0.4 is 5.32 Å². The minimum atomic E-state index is 0.397. The van der Waals surface area contributed by atoms with Crippen LogP contribution in [0.5, 0.6) is 0 Å². The van der Waals surface area contributed by atoms with Crippen LogP contribution in [0.1, 0.15) is 32.6 Å². The molecule has 0 aromatic carbocycles. The lowest BCUT2D eigenvalue weighted by atomic mass is 9.93. The molecule has 0 radical (unpaired) electrons. The Bertz CT molecular complexity index is 1090. The van der Waals surface area contributed by atoms with Gasteiger partial charge in [-0.2, -0.15) is 10.1 Å². The molecule has 0 aliphatic heterocycles. The maximum absolute atomic E-state index is 5.73. The Kier molecular flexibility index (Phi) is 4.40. The quantitative estimate of drug-likeness (QED) is 0.553. The lowest BCUT2D eigenvalue weighted by molar-refractivity contribution is 0.0346. The molecule has 1 aliphatic rings. The number of imidazole rings is 1. The van der Waals surface area contributed by atoms with Crippen molar-refractivity contribution in [2.24, 2.45) is 0 Å². The summed E-state index contributed by atoms with van der Waals surface area (Å²) >= 11 is 0. The number of hydrogen-bond acceptors (Lipinski definition) is 6. The van der Waals surface area contributed by atoms with E-state index in [1.165, 1.54) is 0 Å². The predicted octanol–water partition coefficient (Wildman–Crippen LogP) is 3.43. The molecule has 0 unspecified atom stereocenters. The van der Waals surface area contributed by atoms with Gasteiger partial charge in [0.05, 0.1) is 11.8 Å². The van der Waals surface area contributed by atoms with Gasteiger partial charge in [-0.25, -0.2) is 14.5 Å². The summed E-state index contributed by atoms with van der Waals surface area (Å²) in [5.41, 5.74) is 3.47. The molecule has 8 nitrogen and oxygen atoms in total. The van der Waals surface area contributed by atoms with Crippen molar-refractivity contribution in [3.8, 4) is 11.3 Å². The third-order valence-corrected chi connectivity index (χ3v) is 5.37. The molecule has 1 saturated carbocycles. The Labute approximate surface area is 162 Å². The summed E-state index contributed by atoms with van der Waals surface area (Å²) in [5.74, 6) is 0.666.